The Hall–Kier alpha value is -1.26. The molecule has 0 bridgehead atoms. The summed E-state index contributed by atoms with van der Waals surface area (Å²) >= 11 is 0. The zero-order chi connectivity index (χ0) is 14.3. The standard InChI is InChI=1S/C13H26N2O3/c1-6-9(2)10(11(16)17)15-12(18)14-8-7-13(3,4)5/h9-10H,6-8H2,1-5H3,(H,16,17)(H2,14,15,18). The Bertz CT molecular complexity index is 284. The topological polar surface area (TPSA) is 78.4 Å². The molecule has 0 aromatic heterocycles. The summed E-state index contributed by atoms with van der Waals surface area (Å²) < 4.78 is 0. The highest BCUT2D eigenvalue weighted by Gasteiger charge is 2.25. The van der Waals surface area contributed by atoms with Gasteiger partial charge in [0.1, 0.15) is 6.04 Å². The molecule has 2 atom stereocenters. The van der Waals surface area contributed by atoms with Gasteiger partial charge in [-0.15, -0.1) is 0 Å². The molecule has 18 heavy (non-hydrogen) atoms. The Labute approximate surface area is 109 Å². The molecule has 0 radical (unpaired) electrons. The Morgan fingerprint density at radius 2 is 1.83 bits per heavy atom. The molecule has 0 aliphatic heterocycles. The number of hydrogen-bond acceptors (Lipinski definition) is 2. The first-order valence-electron chi connectivity index (χ1n) is 6.44. The van der Waals surface area contributed by atoms with Crippen molar-refractivity contribution in [2.24, 2.45) is 11.3 Å². The molecule has 0 aliphatic rings. The highest BCUT2D eigenvalue weighted by atomic mass is 16.4. The molecule has 0 rings (SSSR count). The second-order valence-electron chi connectivity index (χ2n) is 5.91. The Morgan fingerprint density at radius 3 is 2.22 bits per heavy atom. The number of carbonyl (C=O) groups is 2. The highest BCUT2D eigenvalue weighted by Crippen LogP contribution is 2.16. The fourth-order valence-corrected chi connectivity index (χ4v) is 1.43. The van der Waals surface area contributed by atoms with Crippen LogP contribution in [0.3, 0.4) is 0 Å². The van der Waals surface area contributed by atoms with E-state index in [0.29, 0.717) is 13.0 Å². The van der Waals surface area contributed by atoms with Crippen molar-refractivity contribution in [3.8, 4) is 0 Å². The predicted octanol–water partition coefficient (Wildman–Crippen LogP) is 2.22. The molecular formula is C13H26N2O3. The number of carboxylic acid groups (broad SMARTS) is 1. The SMILES string of the molecule is CCC(C)C(NC(=O)NCCC(C)(C)C)C(=O)O. The lowest BCUT2D eigenvalue weighted by atomic mass is 9.92. The average Bonchev–Trinajstić information content (AvgIpc) is 2.22. The zero-order valence-corrected chi connectivity index (χ0v) is 12.0. The van der Waals surface area contributed by atoms with Gasteiger partial charge in [-0.1, -0.05) is 41.0 Å². The summed E-state index contributed by atoms with van der Waals surface area (Å²) in [4.78, 5) is 22.6. The van der Waals surface area contributed by atoms with Crippen molar-refractivity contribution in [3.63, 3.8) is 0 Å². The summed E-state index contributed by atoms with van der Waals surface area (Å²) in [6, 6.07) is -1.24. The van der Waals surface area contributed by atoms with Crippen molar-refractivity contribution in [1.82, 2.24) is 10.6 Å². The number of carboxylic acids is 1. The smallest absolute Gasteiger partial charge is 0.326 e. The number of rotatable bonds is 6. The first kappa shape index (κ1) is 16.7. The largest absolute Gasteiger partial charge is 0.480 e. The molecule has 3 N–H and O–H groups in total. The van der Waals surface area contributed by atoms with Crippen molar-refractivity contribution in [3.05, 3.63) is 0 Å². The number of nitrogens with one attached hydrogen (secondary N) is 2. The van der Waals surface area contributed by atoms with Crippen LogP contribution < -0.4 is 10.6 Å². The van der Waals surface area contributed by atoms with Crippen molar-refractivity contribution >= 4 is 12.0 Å². The number of amides is 2. The number of aliphatic carboxylic acids is 1. The summed E-state index contributed by atoms with van der Waals surface area (Å²) in [5.74, 6) is -1.08. The normalized spacial score (nSPS) is 14.7. The predicted molar refractivity (Wildman–Crippen MR) is 71.5 cm³/mol. The molecule has 0 heterocycles. The first-order chi connectivity index (χ1) is 8.17. The van der Waals surface area contributed by atoms with E-state index in [0.717, 1.165) is 6.42 Å². The zero-order valence-electron chi connectivity index (χ0n) is 12.0. The minimum Gasteiger partial charge on any atom is -0.480 e. The van der Waals surface area contributed by atoms with Crippen molar-refractivity contribution < 1.29 is 14.7 Å². The molecule has 0 aliphatic carbocycles. The third kappa shape index (κ3) is 7.14. The van der Waals surface area contributed by atoms with Crippen LogP contribution in [0.5, 0.6) is 0 Å². The van der Waals surface area contributed by atoms with Gasteiger partial charge in [0.15, 0.2) is 0 Å². The number of urea groups is 1. The third-order valence-electron chi connectivity index (χ3n) is 2.93. The third-order valence-corrected chi connectivity index (χ3v) is 2.93. The van der Waals surface area contributed by atoms with Crippen LogP contribution in [-0.4, -0.2) is 29.7 Å². The van der Waals surface area contributed by atoms with Gasteiger partial charge in [-0.3, -0.25) is 0 Å². The molecular weight excluding hydrogens is 232 g/mol. The van der Waals surface area contributed by atoms with Gasteiger partial charge in [-0.05, 0) is 17.8 Å². The number of carbonyl (C=O) groups excluding carboxylic acids is 1. The van der Waals surface area contributed by atoms with Gasteiger partial charge in [0, 0.05) is 6.54 Å². The van der Waals surface area contributed by atoms with Gasteiger partial charge >= 0.3 is 12.0 Å². The van der Waals surface area contributed by atoms with Gasteiger partial charge in [0.2, 0.25) is 0 Å². The highest BCUT2D eigenvalue weighted by molar-refractivity contribution is 5.82. The van der Waals surface area contributed by atoms with Crippen LogP contribution in [0.4, 0.5) is 4.79 Å². The van der Waals surface area contributed by atoms with Crippen molar-refractivity contribution in [2.75, 3.05) is 6.54 Å². The van der Waals surface area contributed by atoms with Crippen molar-refractivity contribution in [2.45, 2.75) is 53.5 Å². The average molecular weight is 258 g/mol. The lowest BCUT2D eigenvalue weighted by Crippen LogP contribution is -2.49. The Balaban J connectivity index is 4.15. The summed E-state index contributed by atoms with van der Waals surface area (Å²) in [6.07, 6.45) is 1.56. The van der Waals surface area contributed by atoms with Crippen LogP contribution in [0.2, 0.25) is 0 Å². The fourth-order valence-electron chi connectivity index (χ4n) is 1.43. The molecule has 106 valence electrons. The fraction of sp³-hybridized carbons (Fsp3) is 0.846. The lowest BCUT2D eigenvalue weighted by molar-refractivity contribution is -0.140. The molecule has 5 nitrogen and oxygen atoms in total. The van der Waals surface area contributed by atoms with Gasteiger partial charge in [-0.2, -0.15) is 0 Å². The van der Waals surface area contributed by atoms with Gasteiger partial charge in [0.05, 0.1) is 0 Å². The van der Waals surface area contributed by atoms with E-state index in [4.69, 9.17) is 5.11 Å². The van der Waals surface area contributed by atoms with E-state index in [1.165, 1.54) is 0 Å². The minimum atomic E-state index is -0.990. The molecule has 2 amide bonds. The summed E-state index contributed by atoms with van der Waals surface area (Å²) in [5.41, 5.74) is 0.149. The van der Waals surface area contributed by atoms with E-state index in [2.05, 4.69) is 31.4 Å². The Kier molecular flexibility index (Phi) is 6.73. The first-order valence-corrected chi connectivity index (χ1v) is 6.44. The van der Waals surface area contributed by atoms with Crippen LogP contribution in [0.1, 0.15) is 47.5 Å². The quantitative estimate of drug-likeness (QED) is 0.683. The maximum absolute atomic E-state index is 11.6. The van der Waals surface area contributed by atoms with Crippen LogP contribution >= 0.6 is 0 Å². The van der Waals surface area contributed by atoms with E-state index >= 15 is 0 Å². The van der Waals surface area contributed by atoms with Gasteiger partial charge in [-0.25, -0.2) is 9.59 Å². The van der Waals surface area contributed by atoms with E-state index in [9.17, 15) is 9.59 Å². The minimum absolute atomic E-state index is 0.0872. The number of hydrogen-bond donors (Lipinski definition) is 3. The van der Waals surface area contributed by atoms with Crippen LogP contribution in [0.25, 0.3) is 0 Å². The Morgan fingerprint density at radius 1 is 1.28 bits per heavy atom. The van der Waals surface area contributed by atoms with E-state index in [1.54, 1.807) is 0 Å². The molecule has 5 heteroatoms. The maximum atomic E-state index is 11.6. The van der Waals surface area contributed by atoms with Crippen LogP contribution in [0, 0.1) is 11.3 Å². The van der Waals surface area contributed by atoms with E-state index < -0.39 is 18.0 Å². The van der Waals surface area contributed by atoms with Crippen molar-refractivity contribution in [1.29, 1.82) is 0 Å². The molecule has 0 fully saturated rings. The molecule has 2 unspecified atom stereocenters. The second kappa shape index (κ2) is 7.24. The summed E-state index contributed by atoms with van der Waals surface area (Å²) in [7, 11) is 0. The molecule has 0 aromatic carbocycles. The molecule has 0 saturated carbocycles. The molecule has 0 spiro atoms. The van der Waals surface area contributed by atoms with Crippen LogP contribution in [-0.2, 0) is 4.79 Å². The maximum Gasteiger partial charge on any atom is 0.326 e. The summed E-state index contributed by atoms with van der Waals surface area (Å²) in [5, 5.41) is 14.2. The summed E-state index contributed by atoms with van der Waals surface area (Å²) in [6.45, 7) is 10.5. The molecule has 0 aromatic rings. The second-order valence-corrected chi connectivity index (χ2v) is 5.91. The van der Waals surface area contributed by atoms with Gasteiger partial charge < -0.3 is 15.7 Å². The molecule has 0 saturated heterocycles. The van der Waals surface area contributed by atoms with E-state index in [1.807, 2.05) is 13.8 Å². The van der Waals surface area contributed by atoms with E-state index in [-0.39, 0.29) is 11.3 Å². The monoisotopic (exact) mass is 258 g/mol. The lowest BCUT2D eigenvalue weighted by Gasteiger charge is -2.22. The van der Waals surface area contributed by atoms with Crippen LogP contribution in [0.15, 0.2) is 0 Å². The van der Waals surface area contributed by atoms with Gasteiger partial charge in [0.25, 0.3) is 0 Å².